The van der Waals surface area contributed by atoms with Crippen molar-refractivity contribution < 1.29 is 9.16 Å². The van der Waals surface area contributed by atoms with Gasteiger partial charge in [-0.25, -0.2) is 0 Å². The van der Waals surface area contributed by atoms with Gasteiger partial charge in [0.1, 0.15) is 0 Å². The van der Waals surface area contributed by atoms with Gasteiger partial charge in [0.05, 0.1) is 18.3 Å². The van der Waals surface area contributed by atoms with E-state index >= 15 is 0 Å². The van der Waals surface area contributed by atoms with Crippen LogP contribution >= 0.6 is 0 Å². The van der Waals surface area contributed by atoms with Gasteiger partial charge in [-0.05, 0) is 39.8 Å². The first-order chi connectivity index (χ1) is 5.49. The summed E-state index contributed by atoms with van der Waals surface area (Å²) in [6.07, 6.45) is 2.83. The van der Waals surface area contributed by atoms with Crippen molar-refractivity contribution in [3.63, 3.8) is 0 Å². The Bertz CT molecular complexity index is 141. The predicted octanol–water partition coefficient (Wildman–Crippen LogP) is 1.94. The molecule has 72 valence electrons. The Balaban J connectivity index is 2.16. The molecule has 0 bridgehead atoms. The fraction of sp³-hybridized carbons (Fsp3) is 1.00. The van der Waals surface area contributed by atoms with Crippen LogP contribution in [0.15, 0.2) is 0 Å². The van der Waals surface area contributed by atoms with Gasteiger partial charge in [0.25, 0.3) is 0 Å². The molecule has 0 radical (unpaired) electrons. The number of epoxide rings is 1. The molecule has 1 aliphatic rings. The van der Waals surface area contributed by atoms with Gasteiger partial charge < -0.3 is 9.16 Å². The molecule has 0 aromatic heterocycles. The standard InChI is InChI=1S/C9H20O2Si/c1-9(2,11-12(3)4)6-5-8-7-10-8/h8,12H,5-7H2,1-4H3. The maximum Gasteiger partial charge on any atom is 0.171 e. The largest absolute Gasteiger partial charge is 0.416 e. The molecule has 3 heteroatoms. The molecule has 1 atom stereocenters. The van der Waals surface area contributed by atoms with Crippen molar-refractivity contribution >= 4 is 9.04 Å². The summed E-state index contributed by atoms with van der Waals surface area (Å²) in [4.78, 5) is 0. The molecule has 0 aromatic rings. The Morgan fingerprint density at radius 1 is 1.50 bits per heavy atom. The van der Waals surface area contributed by atoms with E-state index in [0.717, 1.165) is 19.4 Å². The van der Waals surface area contributed by atoms with Crippen molar-refractivity contribution in [2.24, 2.45) is 0 Å². The lowest BCUT2D eigenvalue weighted by Crippen LogP contribution is -2.30. The van der Waals surface area contributed by atoms with E-state index in [1.54, 1.807) is 0 Å². The van der Waals surface area contributed by atoms with Gasteiger partial charge in [-0.15, -0.1) is 0 Å². The number of ether oxygens (including phenoxy) is 1. The maximum absolute atomic E-state index is 5.90. The fourth-order valence-electron chi connectivity index (χ4n) is 1.44. The molecule has 0 aromatic carbocycles. The molecule has 0 aliphatic carbocycles. The van der Waals surface area contributed by atoms with Crippen molar-refractivity contribution in [1.82, 2.24) is 0 Å². The highest BCUT2D eigenvalue weighted by Crippen LogP contribution is 2.24. The molecule has 0 saturated carbocycles. The second-order valence-electron chi connectivity index (χ2n) is 4.42. The van der Waals surface area contributed by atoms with Crippen molar-refractivity contribution in [2.75, 3.05) is 6.61 Å². The molecule has 1 unspecified atom stereocenters. The smallest absolute Gasteiger partial charge is 0.171 e. The Labute approximate surface area is 77.0 Å². The lowest BCUT2D eigenvalue weighted by atomic mass is 10.0. The maximum atomic E-state index is 5.90. The van der Waals surface area contributed by atoms with Crippen LogP contribution in [0.3, 0.4) is 0 Å². The number of hydrogen-bond acceptors (Lipinski definition) is 2. The third-order valence-corrected chi connectivity index (χ3v) is 3.13. The summed E-state index contributed by atoms with van der Waals surface area (Å²) in [5.41, 5.74) is 0.0757. The Hall–Kier alpha value is 0.137. The minimum atomic E-state index is -0.879. The molecular weight excluding hydrogens is 168 g/mol. The third kappa shape index (κ3) is 4.23. The van der Waals surface area contributed by atoms with Crippen LogP contribution in [0.2, 0.25) is 13.1 Å². The van der Waals surface area contributed by atoms with Crippen LogP contribution in [0.1, 0.15) is 26.7 Å². The highest BCUT2D eigenvalue weighted by atomic mass is 28.3. The summed E-state index contributed by atoms with van der Waals surface area (Å²) in [7, 11) is -0.879. The fourth-order valence-corrected chi connectivity index (χ4v) is 2.83. The molecule has 2 nitrogen and oxygen atoms in total. The Kier molecular flexibility index (Phi) is 3.32. The lowest BCUT2D eigenvalue weighted by Gasteiger charge is -2.27. The van der Waals surface area contributed by atoms with Gasteiger partial charge in [-0.3, -0.25) is 0 Å². The number of rotatable bonds is 5. The Morgan fingerprint density at radius 3 is 2.50 bits per heavy atom. The second-order valence-corrected chi connectivity index (χ2v) is 6.75. The van der Waals surface area contributed by atoms with E-state index in [4.69, 9.17) is 9.16 Å². The zero-order chi connectivity index (χ0) is 9.19. The van der Waals surface area contributed by atoms with Crippen molar-refractivity contribution in [1.29, 1.82) is 0 Å². The molecule has 1 rings (SSSR count). The van der Waals surface area contributed by atoms with Crippen molar-refractivity contribution in [2.45, 2.75) is 51.5 Å². The van der Waals surface area contributed by atoms with Crippen LogP contribution in [0, 0.1) is 0 Å². The van der Waals surface area contributed by atoms with Crippen LogP contribution in [0.5, 0.6) is 0 Å². The molecule has 12 heavy (non-hydrogen) atoms. The van der Waals surface area contributed by atoms with Crippen LogP contribution in [-0.4, -0.2) is 27.4 Å². The lowest BCUT2D eigenvalue weighted by molar-refractivity contribution is 0.0940. The van der Waals surface area contributed by atoms with Crippen LogP contribution in [0.4, 0.5) is 0 Å². The summed E-state index contributed by atoms with van der Waals surface area (Å²) < 4.78 is 11.1. The summed E-state index contributed by atoms with van der Waals surface area (Å²) in [5, 5.41) is 0. The molecule has 0 spiro atoms. The van der Waals surface area contributed by atoms with Gasteiger partial charge in [0.15, 0.2) is 9.04 Å². The second kappa shape index (κ2) is 3.90. The molecule has 1 aliphatic heterocycles. The van der Waals surface area contributed by atoms with E-state index in [2.05, 4.69) is 26.9 Å². The molecule has 1 heterocycles. The SMILES string of the molecule is C[SiH](C)OC(C)(C)CCC1CO1. The van der Waals surface area contributed by atoms with Gasteiger partial charge in [-0.1, -0.05) is 0 Å². The minimum absolute atomic E-state index is 0.0757. The highest BCUT2D eigenvalue weighted by Gasteiger charge is 2.27. The summed E-state index contributed by atoms with van der Waals surface area (Å²) >= 11 is 0. The highest BCUT2D eigenvalue weighted by molar-refractivity contribution is 6.48. The first-order valence-electron chi connectivity index (χ1n) is 4.79. The van der Waals surface area contributed by atoms with E-state index in [1.165, 1.54) is 0 Å². The average Bonchev–Trinajstić information content (AvgIpc) is 2.62. The van der Waals surface area contributed by atoms with E-state index in [1.807, 2.05) is 0 Å². The average molecular weight is 188 g/mol. The van der Waals surface area contributed by atoms with Crippen molar-refractivity contribution in [3.05, 3.63) is 0 Å². The third-order valence-electron chi connectivity index (χ3n) is 2.03. The monoisotopic (exact) mass is 188 g/mol. The van der Waals surface area contributed by atoms with E-state index < -0.39 is 9.04 Å². The van der Waals surface area contributed by atoms with E-state index in [9.17, 15) is 0 Å². The normalized spacial score (nSPS) is 23.2. The molecular formula is C9H20O2Si. The molecule has 0 N–H and O–H groups in total. The van der Waals surface area contributed by atoms with Gasteiger partial charge >= 0.3 is 0 Å². The summed E-state index contributed by atoms with van der Waals surface area (Å²) in [5.74, 6) is 0. The minimum Gasteiger partial charge on any atom is -0.416 e. The Morgan fingerprint density at radius 2 is 2.08 bits per heavy atom. The first-order valence-corrected chi connectivity index (χ1v) is 7.57. The first kappa shape index (κ1) is 10.2. The summed E-state index contributed by atoms with van der Waals surface area (Å²) in [6.45, 7) is 9.77. The number of hydrogen-bond donors (Lipinski definition) is 0. The van der Waals surface area contributed by atoms with Crippen LogP contribution < -0.4 is 0 Å². The van der Waals surface area contributed by atoms with Crippen LogP contribution in [0.25, 0.3) is 0 Å². The predicted molar refractivity (Wildman–Crippen MR) is 53.0 cm³/mol. The van der Waals surface area contributed by atoms with Crippen molar-refractivity contribution in [3.8, 4) is 0 Å². The van der Waals surface area contributed by atoms with Crippen LogP contribution in [-0.2, 0) is 9.16 Å². The molecule has 1 saturated heterocycles. The van der Waals surface area contributed by atoms with Gasteiger partial charge in [0, 0.05) is 0 Å². The quantitative estimate of drug-likeness (QED) is 0.486. The zero-order valence-electron chi connectivity index (χ0n) is 8.59. The summed E-state index contributed by atoms with van der Waals surface area (Å²) in [6, 6.07) is 0. The molecule has 1 fully saturated rings. The van der Waals surface area contributed by atoms with Gasteiger partial charge in [0.2, 0.25) is 0 Å². The molecule has 0 amide bonds. The zero-order valence-corrected chi connectivity index (χ0v) is 9.75. The van der Waals surface area contributed by atoms with E-state index in [0.29, 0.717) is 6.10 Å². The van der Waals surface area contributed by atoms with E-state index in [-0.39, 0.29) is 5.60 Å². The topological polar surface area (TPSA) is 21.8 Å². The van der Waals surface area contributed by atoms with Gasteiger partial charge in [-0.2, -0.15) is 0 Å².